The van der Waals surface area contributed by atoms with Crippen molar-refractivity contribution in [1.29, 1.82) is 0 Å². The molecular weight excluding hydrogens is 404 g/mol. The van der Waals surface area contributed by atoms with Crippen LogP contribution >= 0.6 is 11.3 Å². The van der Waals surface area contributed by atoms with E-state index in [-0.39, 0.29) is 12.4 Å². The average Bonchev–Trinajstić information content (AvgIpc) is 3.16. The van der Waals surface area contributed by atoms with Gasteiger partial charge in [-0.3, -0.25) is 0 Å². The van der Waals surface area contributed by atoms with Gasteiger partial charge in [0, 0.05) is 15.7 Å². The van der Waals surface area contributed by atoms with Crippen molar-refractivity contribution in [1.82, 2.24) is 0 Å². The Morgan fingerprint density at radius 2 is 1.66 bits per heavy atom. The molecule has 0 spiro atoms. The van der Waals surface area contributed by atoms with Crippen LogP contribution in [-0.4, -0.2) is 6.61 Å². The third kappa shape index (κ3) is 5.81. The van der Waals surface area contributed by atoms with Crippen molar-refractivity contribution >= 4 is 11.3 Å². The van der Waals surface area contributed by atoms with Crippen molar-refractivity contribution in [3.05, 3.63) is 81.8 Å². The summed E-state index contributed by atoms with van der Waals surface area (Å²) in [7, 11) is 0. The van der Waals surface area contributed by atoms with Crippen LogP contribution in [0.15, 0.2) is 60.0 Å². The minimum atomic E-state index is -4.34. The second kappa shape index (κ2) is 8.55. The summed E-state index contributed by atoms with van der Waals surface area (Å²) in [6.45, 7) is 4.27. The van der Waals surface area contributed by atoms with Gasteiger partial charge in [0.1, 0.15) is 17.3 Å². The summed E-state index contributed by atoms with van der Waals surface area (Å²) in [6.07, 6.45) is -4.34. The lowest BCUT2D eigenvalue weighted by atomic mass is 9.92. The molecule has 0 aliphatic carbocycles. The fourth-order valence-electron chi connectivity index (χ4n) is 2.67. The first kappa shape index (κ1) is 21.3. The summed E-state index contributed by atoms with van der Waals surface area (Å²) < 4.78 is 62.9. The molecule has 0 radical (unpaired) electrons. The molecule has 0 aliphatic heterocycles. The number of thiophene rings is 1. The largest absolute Gasteiger partial charge is 0.457 e. The van der Waals surface area contributed by atoms with E-state index in [0.29, 0.717) is 23.0 Å². The van der Waals surface area contributed by atoms with Crippen molar-refractivity contribution in [2.24, 2.45) is 0 Å². The van der Waals surface area contributed by atoms with E-state index in [2.05, 4.69) is 0 Å². The summed E-state index contributed by atoms with van der Waals surface area (Å²) in [5.41, 5.74) is -0.310. The molecule has 0 aliphatic rings. The predicted octanol–water partition coefficient (Wildman–Crippen LogP) is 7.19. The van der Waals surface area contributed by atoms with E-state index in [1.165, 1.54) is 30.3 Å². The Hall–Kier alpha value is -2.38. The smallest absolute Gasteiger partial charge is 0.417 e. The lowest BCUT2D eigenvalue weighted by molar-refractivity contribution is -0.137. The van der Waals surface area contributed by atoms with E-state index in [4.69, 9.17) is 9.47 Å². The zero-order chi connectivity index (χ0) is 21.1. The van der Waals surface area contributed by atoms with E-state index in [1.54, 1.807) is 6.07 Å². The molecule has 7 heteroatoms. The average molecular weight is 424 g/mol. The highest BCUT2D eigenvalue weighted by molar-refractivity contribution is 7.10. The van der Waals surface area contributed by atoms with Crippen molar-refractivity contribution in [3.63, 3.8) is 0 Å². The fraction of sp³-hybridized carbons (Fsp3) is 0.273. The third-order valence-electron chi connectivity index (χ3n) is 4.27. The van der Waals surface area contributed by atoms with Gasteiger partial charge >= 0.3 is 6.18 Å². The lowest BCUT2D eigenvalue weighted by Crippen LogP contribution is -2.23. The molecule has 29 heavy (non-hydrogen) atoms. The molecule has 3 rings (SSSR count). The van der Waals surface area contributed by atoms with Crippen LogP contribution in [0.4, 0.5) is 17.6 Å². The number of rotatable bonds is 7. The number of benzene rings is 2. The van der Waals surface area contributed by atoms with Crippen molar-refractivity contribution in [2.75, 3.05) is 6.61 Å². The highest BCUT2D eigenvalue weighted by Crippen LogP contribution is 2.37. The Balaban J connectivity index is 1.58. The number of hydrogen-bond acceptors (Lipinski definition) is 3. The number of halogens is 4. The molecule has 0 amide bonds. The van der Waals surface area contributed by atoms with Gasteiger partial charge in [-0.25, -0.2) is 4.39 Å². The quantitative estimate of drug-likeness (QED) is 0.374. The van der Waals surface area contributed by atoms with E-state index >= 15 is 0 Å². The monoisotopic (exact) mass is 424 g/mol. The van der Waals surface area contributed by atoms with Crippen LogP contribution in [0.2, 0.25) is 0 Å². The summed E-state index contributed by atoms with van der Waals surface area (Å²) in [4.78, 5) is 0.623. The summed E-state index contributed by atoms with van der Waals surface area (Å²) in [6, 6.07) is 14.2. The summed E-state index contributed by atoms with van der Waals surface area (Å²) in [5.74, 6) is 0.768. The highest BCUT2D eigenvalue weighted by Gasteiger charge is 2.34. The maximum atomic E-state index is 13.0. The van der Waals surface area contributed by atoms with Gasteiger partial charge in [0.05, 0.1) is 18.8 Å². The zero-order valence-corrected chi connectivity index (χ0v) is 16.7. The maximum absolute atomic E-state index is 13.0. The molecule has 0 fully saturated rings. The topological polar surface area (TPSA) is 18.5 Å². The Bertz CT molecular complexity index is 946. The first-order chi connectivity index (χ1) is 13.6. The van der Waals surface area contributed by atoms with Crippen LogP contribution in [0.1, 0.15) is 29.9 Å². The Labute approximate surface area is 170 Å². The molecule has 0 atom stereocenters. The molecule has 0 bridgehead atoms. The second-order valence-electron chi connectivity index (χ2n) is 7.28. The van der Waals surface area contributed by atoms with E-state index in [9.17, 15) is 17.6 Å². The molecule has 1 heterocycles. The minimum Gasteiger partial charge on any atom is -0.457 e. The van der Waals surface area contributed by atoms with Crippen LogP contribution in [0.25, 0.3) is 0 Å². The van der Waals surface area contributed by atoms with Gasteiger partial charge in [-0.2, -0.15) is 13.2 Å². The first-order valence-corrected chi connectivity index (χ1v) is 9.78. The van der Waals surface area contributed by atoms with Crippen LogP contribution < -0.4 is 4.74 Å². The molecule has 154 valence electrons. The third-order valence-corrected chi connectivity index (χ3v) is 5.57. The zero-order valence-electron chi connectivity index (χ0n) is 15.9. The van der Waals surface area contributed by atoms with E-state index in [0.717, 1.165) is 22.3 Å². The Morgan fingerprint density at radius 3 is 2.31 bits per heavy atom. The molecule has 0 saturated heterocycles. The normalized spacial score (nSPS) is 12.2. The Kier molecular flexibility index (Phi) is 6.29. The molecule has 0 unspecified atom stereocenters. The van der Waals surface area contributed by atoms with Crippen molar-refractivity contribution in [2.45, 2.75) is 32.0 Å². The standard InChI is InChI=1S/C22H20F4O2S/c1-21(2,20-11-16(13-29-20)22(24,25)26)14-27-12-15-4-3-5-19(10-15)28-18-8-6-17(23)7-9-18/h3-11,13H,12,14H2,1-2H3. The highest BCUT2D eigenvalue weighted by atomic mass is 32.1. The van der Waals surface area contributed by atoms with Crippen LogP contribution in [0.5, 0.6) is 11.5 Å². The van der Waals surface area contributed by atoms with Gasteiger partial charge in [0.15, 0.2) is 0 Å². The molecule has 0 saturated carbocycles. The Morgan fingerprint density at radius 1 is 0.931 bits per heavy atom. The van der Waals surface area contributed by atoms with E-state index < -0.39 is 17.2 Å². The molecular formula is C22H20F4O2S. The fourth-order valence-corrected chi connectivity index (χ4v) is 3.70. The number of hydrogen-bond donors (Lipinski definition) is 0. The van der Waals surface area contributed by atoms with Crippen molar-refractivity contribution < 1.29 is 27.0 Å². The second-order valence-corrected chi connectivity index (χ2v) is 8.19. The summed E-state index contributed by atoms with van der Waals surface area (Å²) >= 11 is 1.09. The molecule has 2 aromatic carbocycles. The van der Waals surface area contributed by atoms with Gasteiger partial charge in [-0.1, -0.05) is 26.0 Å². The SMILES string of the molecule is CC(C)(COCc1cccc(Oc2ccc(F)cc2)c1)c1cc(C(F)(F)F)cs1. The molecule has 0 N–H and O–H groups in total. The van der Waals surface area contributed by atoms with Crippen LogP contribution in [0, 0.1) is 5.82 Å². The van der Waals surface area contributed by atoms with Gasteiger partial charge in [0.2, 0.25) is 0 Å². The number of ether oxygens (including phenoxy) is 2. The van der Waals surface area contributed by atoms with Gasteiger partial charge in [0.25, 0.3) is 0 Å². The van der Waals surface area contributed by atoms with Gasteiger partial charge in [-0.15, -0.1) is 11.3 Å². The van der Waals surface area contributed by atoms with Gasteiger partial charge in [-0.05, 0) is 48.0 Å². The molecule has 3 aromatic rings. The van der Waals surface area contributed by atoms with Crippen LogP contribution in [-0.2, 0) is 22.9 Å². The van der Waals surface area contributed by atoms with Gasteiger partial charge < -0.3 is 9.47 Å². The van der Waals surface area contributed by atoms with Crippen LogP contribution in [0.3, 0.4) is 0 Å². The first-order valence-electron chi connectivity index (χ1n) is 8.90. The van der Waals surface area contributed by atoms with E-state index in [1.807, 2.05) is 32.0 Å². The molecule has 1 aromatic heterocycles. The minimum absolute atomic E-state index is 0.272. The number of alkyl halides is 3. The predicted molar refractivity (Wildman–Crippen MR) is 105 cm³/mol. The molecule has 2 nitrogen and oxygen atoms in total. The summed E-state index contributed by atoms with van der Waals surface area (Å²) in [5, 5.41) is 1.13. The van der Waals surface area contributed by atoms with Crippen molar-refractivity contribution in [3.8, 4) is 11.5 Å². The maximum Gasteiger partial charge on any atom is 0.417 e. The lowest BCUT2D eigenvalue weighted by Gasteiger charge is -2.23.